The number of imidazole rings is 2. The molecule has 2 heterocycles. The molecule has 2 aromatic heterocycles. The van der Waals surface area contributed by atoms with Gasteiger partial charge in [0.05, 0.1) is 28.8 Å². The molecule has 126 valence electrons. The van der Waals surface area contributed by atoms with E-state index in [1.54, 1.807) is 12.1 Å². The first-order valence-corrected chi connectivity index (χ1v) is 8.27. The SMILES string of the molecule is Cc1ccc2c(c1)n1c(CC(=O)O)c(-c3ccc(Cl)cc3)nc1n2C. The number of carboxylic acid groups (broad SMARTS) is 1. The Morgan fingerprint density at radius 1 is 1.16 bits per heavy atom. The number of aromatic nitrogens is 3. The molecular formula is C19H16ClN3O2. The number of carbonyl (C=O) groups is 1. The van der Waals surface area contributed by atoms with Crippen LogP contribution in [-0.2, 0) is 18.3 Å². The van der Waals surface area contributed by atoms with Gasteiger partial charge in [0.1, 0.15) is 0 Å². The van der Waals surface area contributed by atoms with E-state index in [2.05, 4.69) is 6.07 Å². The Kier molecular flexibility index (Phi) is 3.54. The quantitative estimate of drug-likeness (QED) is 0.603. The van der Waals surface area contributed by atoms with E-state index in [1.165, 1.54) is 0 Å². The number of aryl methyl sites for hydroxylation is 2. The largest absolute Gasteiger partial charge is 0.481 e. The number of rotatable bonds is 3. The fraction of sp³-hybridized carbons (Fsp3) is 0.158. The Balaban J connectivity index is 2.09. The highest BCUT2D eigenvalue weighted by atomic mass is 35.5. The van der Waals surface area contributed by atoms with Crippen molar-refractivity contribution < 1.29 is 9.90 Å². The van der Waals surface area contributed by atoms with E-state index in [0.29, 0.717) is 16.4 Å². The molecule has 0 aliphatic carbocycles. The third kappa shape index (κ3) is 2.48. The van der Waals surface area contributed by atoms with Gasteiger partial charge in [0.25, 0.3) is 0 Å². The zero-order valence-corrected chi connectivity index (χ0v) is 14.6. The maximum absolute atomic E-state index is 11.5. The second kappa shape index (κ2) is 5.63. The van der Waals surface area contributed by atoms with Crippen LogP contribution in [0, 0.1) is 6.92 Å². The lowest BCUT2D eigenvalue weighted by Crippen LogP contribution is -2.04. The summed E-state index contributed by atoms with van der Waals surface area (Å²) in [6, 6.07) is 13.4. The van der Waals surface area contributed by atoms with Crippen LogP contribution in [0.15, 0.2) is 42.5 Å². The van der Waals surface area contributed by atoms with E-state index in [9.17, 15) is 9.90 Å². The highest BCUT2D eigenvalue weighted by molar-refractivity contribution is 6.30. The monoisotopic (exact) mass is 353 g/mol. The van der Waals surface area contributed by atoms with Crippen LogP contribution in [0.4, 0.5) is 0 Å². The number of benzene rings is 2. The van der Waals surface area contributed by atoms with Gasteiger partial charge in [0, 0.05) is 17.6 Å². The Labute approximate surface area is 149 Å². The predicted octanol–water partition coefficient (Wildman–Crippen LogP) is 4.08. The number of carboxylic acids is 1. The zero-order valence-electron chi connectivity index (χ0n) is 13.8. The number of aliphatic carboxylic acids is 1. The number of fused-ring (bicyclic) bond motifs is 3. The molecule has 0 amide bonds. The molecule has 4 rings (SSSR count). The third-order valence-corrected chi connectivity index (χ3v) is 4.68. The molecule has 5 nitrogen and oxygen atoms in total. The van der Waals surface area contributed by atoms with Crippen LogP contribution in [0.1, 0.15) is 11.3 Å². The summed E-state index contributed by atoms with van der Waals surface area (Å²) in [5, 5.41) is 10.1. The minimum Gasteiger partial charge on any atom is -0.481 e. The van der Waals surface area contributed by atoms with Gasteiger partial charge in [-0.15, -0.1) is 0 Å². The third-order valence-electron chi connectivity index (χ3n) is 4.42. The summed E-state index contributed by atoms with van der Waals surface area (Å²) in [6.45, 7) is 2.02. The summed E-state index contributed by atoms with van der Waals surface area (Å²) in [7, 11) is 1.94. The molecule has 0 unspecified atom stereocenters. The standard InChI is InChI=1S/C19H16ClN3O2/c1-11-3-8-14-15(9-11)23-16(10-17(24)25)18(21-19(23)22(14)2)12-4-6-13(20)7-5-12/h3-9H,10H2,1-2H3,(H,24,25). The zero-order chi connectivity index (χ0) is 17.7. The summed E-state index contributed by atoms with van der Waals surface area (Å²) in [6.07, 6.45) is -0.105. The highest BCUT2D eigenvalue weighted by Gasteiger charge is 2.21. The van der Waals surface area contributed by atoms with Crippen molar-refractivity contribution in [2.75, 3.05) is 0 Å². The van der Waals surface area contributed by atoms with Gasteiger partial charge >= 0.3 is 5.97 Å². The van der Waals surface area contributed by atoms with Gasteiger partial charge in [-0.05, 0) is 36.8 Å². The van der Waals surface area contributed by atoms with Crippen LogP contribution in [0.2, 0.25) is 5.02 Å². The molecule has 0 spiro atoms. The average molecular weight is 354 g/mol. The Bertz CT molecular complexity index is 1120. The first-order valence-electron chi connectivity index (χ1n) is 7.90. The minimum atomic E-state index is -0.887. The lowest BCUT2D eigenvalue weighted by atomic mass is 10.1. The van der Waals surface area contributed by atoms with Gasteiger partial charge in [0.2, 0.25) is 5.78 Å². The summed E-state index contributed by atoms with van der Waals surface area (Å²) >= 11 is 5.98. The lowest BCUT2D eigenvalue weighted by molar-refractivity contribution is -0.136. The molecule has 0 aliphatic heterocycles. The molecule has 4 aromatic rings. The van der Waals surface area contributed by atoms with Gasteiger partial charge in [-0.1, -0.05) is 29.8 Å². The highest BCUT2D eigenvalue weighted by Crippen LogP contribution is 2.30. The van der Waals surface area contributed by atoms with Crippen LogP contribution in [0.3, 0.4) is 0 Å². The first kappa shape index (κ1) is 15.7. The molecule has 0 saturated heterocycles. The molecule has 0 atom stereocenters. The minimum absolute atomic E-state index is 0.105. The van der Waals surface area contributed by atoms with Crippen molar-refractivity contribution in [3.8, 4) is 11.3 Å². The van der Waals surface area contributed by atoms with Crippen molar-refractivity contribution in [1.82, 2.24) is 14.0 Å². The van der Waals surface area contributed by atoms with Gasteiger partial charge in [-0.25, -0.2) is 4.98 Å². The van der Waals surface area contributed by atoms with Crippen LogP contribution in [-0.4, -0.2) is 25.0 Å². The smallest absolute Gasteiger partial charge is 0.309 e. The predicted molar refractivity (Wildman–Crippen MR) is 98.2 cm³/mol. The summed E-state index contributed by atoms with van der Waals surface area (Å²) in [5.41, 5.74) is 5.28. The second-order valence-corrected chi connectivity index (χ2v) is 6.61. The van der Waals surface area contributed by atoms with E-state index in [0.717, 1.165) is 27.9 Å². The maximum Gasteiger partial charge on any atom is 0.309 e. The fourth-order valence-electron chi connectivity index (χ4n) is 3.27. The second-order valence-electron chi connectivity index (χ2n) is 6.17. The fourth-order valence-corrected chi connectivity index (χ4v) is 3.39. The van der Waals surface area contributed by atoms with E-state index in [1.807, 2.05) is 47.2 Å². The van der Waals surface area contributed by atoms with Gasteiger partial charge in [-0.3, -0.25) is 9.20 Å². The van der Waals surface area contributed by atoms with E-state index in [-0.39, 0.29) is 6.42 Å². The maximum atomic E-state index is 11.5. The Morgan fingerprint density at radius 2 is 1.88 bits per heavy atom. The van der Waals surface area contributed by atoms with E-state index >= 15 is 0 Å². The van der Waals surface area contributed by atoms with Crippen LogP contribution >= 0.6 is 11.6 Å². The molecule has 0 radical (unpaired) electrons. The molecule has 2 aromatic carbocycles. The van der Waals surface area contributed by atoms with Crippen LogP contribution < -0.4 is 0 Å². The first-order chi connectivity index (χ1) is 12.0. The molecule has 0 saturated carbocycles. The van der Waals surface area contributed by atoms with Crippen molar-refractivity contribution in [3.05, 3.63) is 58.7 Å². The molecule has 0 bridgehead atoms. The van der Waals surface area contributed by atoms with Crippen molar-refractivity contribution in [3.63, 3.8) is 0 Å². The van der Waals surface area contributed by atoms with Crippen molar-refractivity contribution in [2.45, 2.75) is 13.3 Å². The normalized spacial score (nSPS) is 11.5. The van der Waals surface area contributed by atoms with Crippen LogP contribution in [0.25, 0.3) is 28.1 Å². The topological polar surface area (TPSA) is 59.5 Å². The molecule has 6 heteroatoms. The van der Waals surface area contributed by atoms with Gasteiger partial charge in [-0.2, -0.15) is 0 Å². The van der Waals surface area contributed by atoms with Crippen molar-refractivity contribution in [1.29, 1.82) is 0 Å². The number of nitrogens with zero attached hydrogens (tertiary/aromatic N) is 3. The number of hydrogen-bond acceptors (Lipinski definition) is 2. The molecule has 0 aliphatic rings. The van der Waals surface area contributed by atoms with Crippen molar-refractivity contribution >= 4 is 34.4 Å². The Morgan fingerprint density at radius 3 is 2.56 bits per heavy atom. The summed E-state index contributed by atoms with van der Waals surface area (Å²) < 4.78 is 3.93. The molecule has 1 N–H and O–H groups in total. The van der Waals surface area contributed by atoms with E-state index in [4.69, 9.17) is 16.6 Å². The molecule has 0 fully saturated rings. The van der Waals surface area contributed by atoms with Crippen molar-refractivity contribution in [2.24, 2.45) is 7.05 Å². The van der Waals surface area contributed by atoms with E-state index < -0.39 is 5.97 Å². The average Bonchev–Trinajstić information content (AvgIpc) is 3.05. The lowest BCUT2D eigenvalue weighted by Gasteiger charge is -2.04. The molecular weight excluding hydrogens is 338 g/mol. The summed E-state index contributed by atoms with van der Waals surface area (Å²) in [5.74, 6) is -0.163. The van der Waals surface area contributed by atoms with Gasteiger partial charge in [0.15, 0.2) is 0 Å². The Hall–Kier alpha value is -2.79. The summed E-state index contributed by atoms with van der Waals surface area (Å²) in [4.78, 5) is 16.2. The number of hydrogen-bond donors (Lipinski definition) is 1. The van der Waals surface area contributed by atoms with Crippen LogP contribution in [0.5, 0.6) is 0 Å². The van der Waals surface area contributed by atoms with Gasteiger partial charge < -0.3 is 9.67 Å². The molecule has 25 heavy (non-hydrogen) atoms. The number of halogens is 1.